The summed E-state index contributed by atoms with van der Waals surface area (Å²) in [5.74, 6) is -0.257. The molecule has 1 aromatic heterocycles. The normalized spacial score (nSPS) is 10.5. The number of ether oxygens (including phenoxy) is 1. The Balaban J connectivity index is 2.26. The quantitative estimate of drug-likeness (QED) is 0.589. The highest BCUT2D eigenvalue weighted by Gasteiger charge is 2.21. The molecule has 0 aliphatic carbocycles. The molecule has 2 rings (SSSR count). The smallest absolute Gasteiger partial charge is 0.311 e. The van der Waals surface area contributed by atoms with Crippen LogP contribution in [-0.4, -0.2) is 39.7 Å². The van der Waals surface area contributed by atoms with E-state index in [0.29, 0.717) is 17.3 Å². The molecule has 0 bridgehead atoms. The van der Waals surface area contributed by atoms with E-state index in [-0.39, 0.29) is 29.5 Å². The Morgan fingerprint density at radius 2 is 2.21 bits per heavy atom. The number of hydrogen-bond donors (Lipinski definition) is 0. The second-order valence-electron chi connectivity index (χ2n) is 5.06. The van der Waals surface area contributed by atoms with Crippen LogP contribution in [0.2, 0.25) is 5.02 Å². The van der Waals surface area contributed by atoms with Gasteiger partial charge in [0.25, 0.3) is 5.91 Å². The van der Waals surface area contributed by atoms with E-state index in [1.165, 1.54) is 36.4 Å². The molecule has 8 nitrogen and oxygen atoms in total. The highest BCUT2D eigenvalue weighted by molar-refractivity contribution is 6.31. The molecule has 0 unspecified atom stereocenters. The van der Waals surface area contributed by atoms with Crippen LogP contribution in [0.3, 0.4) is 0 Å². The third kappa shape index (κ3) is 3.48. The first kappa shape index (κ1) is 17.7. The number of nitro benzene ring substituents is 1. The molecule has 2 aromatic rings. The zero-order valence-corrected chi connectivity index (χ0v) is 14.3. The van der Waals surface area contributed by atoms with Gasteiger partial charge in [-0.15, -0.1) is 0 Å². The van der Waals surface area contributed by atoms with Crippen molar-refractivity contribution < 1.29 is 14.5 Å². The summed E-state index contributed by atoms with van der Waals surface area (Å²) in [7, 11) is 2.94. The van der Waals surface area contributed by atoms with E-state index in [9.17, 15) is 14.9 Å². The van der Waals surface area contributed by atoms with Gasteiger partial charge in [0, 0.05) is 25.2 Å². The van der Waals surface area contributed by atoms with Gasteiger partial charge >= 0.3 is 5.69 Å². The molecule has 0 atom stereocenters. The molecule has 0 spiro atoms. The lowest BCUT2D eigenvalue weighted by atomic mass is 10.1. The van der Waals surface area contributed by atoms with E-state index >= 15 is 0 Å². The Labute approximate surface area is 143 Å². The van der Waals surface area contributed by atoms with Crippen molar-refractivity contribution in [2.75, 3.05) is 14.2 Å². The van der Waals surface area contributed by atoms with Crippen LogP contribution in [0, 0.1) is 10.1 Å². The van der Waals surface area contributed by atoms with E-state index in [0.717, 1.165) is 0 Å². The summed E-state index contributed by atoms with van der Waals surface area (Å²) >= 11 is 6.10. The van der Waals surface area contributed by atoms with Crippen molar-refractivity contribution in [3.05, 3.63) is 50.8 Å². The van der Waals surface area contributed by atoms with Crippen LogP contribution in [0.25, 0.3) is 0 Å². The molecule has 1 aromatic carbocycles. The summed E-state index contributed by atoms with van der Waals surface area (Å²) in [6, 6.07) is 4.10. The van der Waals surface area contributed by atoms with Gasteiger partial charge in [0.2, 0.25) is 0 Å². The number of aromatic nitrogens is 2. The van der Waals surface area contributed by atoms with Crippen molar-refractivity contribution in [1.82, 2.24) is 14.7 Å². The number of methoxy groups -OCH3 is 1. The monoisotopic (exact) mass is 352 g/mol. The third-order valence-corrected chi connectivity index (χ3v) is 3.87. The Morgan fingerprint density at radius 3 is 2.79 bits per heavy atom. The van der Waals surface area contributed by atoms with Gasteiger partial charge < -0.3 is 9.64 Å². The molecule has 0 N–H and O–H groups in total. The van der Waals surface area contributed by atoms with Gasteiger partial charge in [0.15, 0.2) is 5.75 Å². The lowest BCUT2D eigenvalue weighted by Crippen LogP contribution is -2.27. The molecule has 24 heavy (non-hydrogen) atoms. The van der Waals surface area contributed by atoms with E-state index in [4.69, 9.17) is 16.3 Å². The number of halogens is 1. The van der Waals surface area contributed by atoms with Crippen molar-refractivity contribution in [2.45, 2.75) is 20.0 Å². The van der Waals surface area contributed by atoms with Crippen LogP contribution in [0.15, 0.2) is 24.4 Å². The van der Waals surface area contributed by atoms with Crippen LogP contribution in [0.4, 0.5) is 5.69 Å². The second kappa shape index (κ2) is 7.31. The molecule has 9 heteroatoms. The van der Waals surface area contributed by atoms with Crippen molar-refractivity contribution in [3.8, 4) is 5.75 Å². The standard InChI is InChI=1S/C15H17ClN4O4/c1-4-19-13(11(16)8-17-19)9-18(2)15(21)10-5-6-14(24-3)12(7-10)20(22)23/h5-8H,4,9H2,1-3H3. The van der Waals surface area contributed by atoms with Gasteiger partial charge in [-0.3, -0.25) is 19.6 Å². The number of hydrogen-bond acceptors (Lipinski definition) is 5. The van der Waals surface area contributed by atoms with E-state index in [1.54, 1.807) is 11.7 Å². The maximum Gasteiger partial charge on any atom is 0.311 e. The Kier molecular flexibility index (Phi) is 5.40. The largest absolute Gasteiger partial charge is 0.490 e. The molecule has 1 heterocycles. The third-order valence-electron chi connectivity index (χ3n) is 3.55. The van der Waals surface area contributed by atoms with Gasteiger partial charge in [-0.2, -0.15) is 5.10 Å². The predicted octanol–water partition coefficient (Wildman–Crippen LogP) is 2.75. The number of benzene rings is 1. The van der Waals surface area contributed by atoms with Gasteiger partial charge in [-0.05, 0) is 19.1 Å². The van der Waals surface area contributed by atoms with Crippen molar-refractivity contribution in [1.29, 1.82) is 0 Å². The Bertz CT molecular complexity index is 775. The van der Waals surface area contributed by atoms with Crippen LogP contribution in [0.5, 0.6) is 5.75 Å². The molecule has 0 aliphatic rings. The number of amides is 1. The van der Waals surface area contributed by atoms with Crippen LogP contribution >= 0.6 is 11.6 Å². The molecule has 0 radical (unpaired) electrons. The zero-order chi connectivity index (χ0) is 17.9. The van der Waals surface area contributed by atoms with Crippen molar-refractivity contribution in [3.63, 3.8) is 0 Å². The maximum atomic E-state index is 12.5. The number of aryl methyl sites for hydroxylation is 1. The summed E-state index contributed by atoms with van der Waals surface area (Å²) in [5.41, 5.74) is 0.648. The minimum atomic E-state index is -0.585. The summed E-state index contributed by atoms with van der Waals surface area (Å²) in [4.78, 5) is 24.5. The molecule has 0 aliphatic heterocycles. The molecule has 0 fully saturated rings. The number of nitro groups is 1. The first-order valence-corrected chi connectivity index (χ1v) is 7.54. The summed E-state index contributed by atoms with van der Waals surface area (Å²) < 4.78 is 6.63. The van der Waals surface area contributed by atoms with E-state index in [1.807, 2.05) is 6.92 Å². The molecular weight excluding hydrogens is 336 g/mol. The summed E-state index contributed by atoms with van der Waals surface area (Å²) in [6.45, 7) is 2.78. The maximum absolute atomic E-state index is 12.5. The first-order valence-electron chi connectivity index (χ1n) is 7.17. The average molecular weight is 353 g/mol. The second-order valence-corrected chi connectivity index (χ2v) is 5.47. The number of carbonyl (C=O) groups is 1. The fourth-order valence-electron chi connectivity index (χ4n) is 2.30. The molecule has 0 saturated heterocycles. The van der Waals surface area contributed by atoms with Gasteiger partial charge in [0.05, 0.1) is 35.5 Å². The van der Waals surface area contributed by atoms with Crippen LogP contribution in [-0.2, 0) is 13.1 Å². The van der Waals surface area contributed by atoms with Crippen LogP contribution < -0.4 is 4.74 Å². The molecule has 0 saturated carbocycles. The SMILES string of the molecule is CCn1ncc(Cl)c1CN(C)C(=O)c1ccc(OC)c([N+](=O)[O-])c1. The zero-order valence-electron chi connectivity index (χ0n) is 13.5. The molecular formula is C15H17ClN4O4. The number of nitrogens with zero attached hydrogens (tertiary/aromatic N) is 4. The highest BCUT2D eigenvalue weighted by Crippen LogP contribution is 2.28. The van der Waals surface area contributed by atoms with Gasteiger partial charge in [0.1, 0.15) is 0 Å². The molecule has 128 valence electrons. The lowest BCUT2D eigenvalue weighted by molar-refractivity contribution is -0.385. The van der Waals surface area contributed by atoms with Crippen LogP contribution in [0.1, 0.15) is 23.0 Å². The minimum absolute atomic E-state index is 0.103. The van der Waals surface area contributed by atoms with E-state index in [2.05, 4.69) is 5.10 Å². The Hall–Kier alpha value is -2.61. The first-order chi connectivity index (χ1) is 11.4. The fraction of sp³-hybridized carbons (Fsp3) is 0.333. The Morgan fingerprint density at radius 1 is 1.50 bits per heavy atom. The minimum Gasteiger partial charge on any atom is -0.490 e. The topological polar surface area (TPSA) is 90.5 Å². The van der Waals surface area contributed by atoms with Gasteiger partial charge in [-0.25, -0.2) is 0 Å². The summed E-state index contributed by atoms with van der Waals surface area (Å²) in [6.07, 6.45) is 1.52. The predicted molar refractivity (Wildman–Crippen MR) is 88.4 cm³/mol. The average Bonchev–Trinajstić information content (AvgIpc) is 2.93. The van der Waals surface area contributed by atoms with Crippen molar-refractivity contribution >= 4 is 23.2 Å². The molecule has 1 amide bonds. The van der Waals surface area contributed by atoms with Crippen molar-refractivity contribution in [2.24, 2.45) is 0 Å². The lowest BCUT2D eigenvalue weighted by Gasteiger charge is -2.18. The number of carbonyl (C=O) groups excluding carboxylic acids is 1. The van der Waals surface area contributed by atoms with Gasteiger partial charge in [-0.1, -0.05) is 11.6 Å². The fourth-order valence-corrected chi connectivity index (χ4v) is 2.50. The highest BCUT2D eigenvalue weighted by atomic mass is 35.5. The number of rotatable bonds is 6. The van der Waals surface area contributed by atoms with E-state index < -0.39 is 4.92 Å². The summed E-state index contributed by atoms with van der Waals surface area (Å²) in [5, 5.41) is 15.7.